The van der Waals surface area contributed by atoms with Gasteiger partial charge < -0.3 is 14.7 Å². The number of thioether (sulfide) groups is 1. The third kappa shape index (κ3) is 6.04. The molecule has 7 nitrogen and oxygen atoms in total. The van der Waals surface area contributed by atoms with Crippen LogP contribution < -0.4 is 5.32 Å². The Balaban J connectivity index is 1.65. The predicted molar refractivity (Wildman–Crippen MR) is 125 cm³/mol. The molecule has 4 atom stereocenters. The Labute approximate surface area is 194 Å². The van der Waals surface area contributed by atoms with Crippen molar-refractivity contribution < 1.29 is 24.2 Å². The summed E-state index contributed by atoms with van der Waals surface area (Å²) < 4.78 is 5.22. The number of nitrogens with zero attached hydrogens (tertiary/aromatic N) is 1. The first-order chi connectivity index (χ1) is 15.3. The van der Waals surface area contributed by atoms with Crippen LogP contribution in [0.3, 0.4) is 0 Å². The molecule has 0 bridgehead atoms. The normalized spacial score (nSPS) is 24.8. The minimum Gasteiger partial charge on any atom is -0.480 e. The number of esters is 1. The van der Waals surface area contributed by atoms with E-state index in [0.717, 1.165) is 29.9 Å². The second-order valence-corrected chi connectivity index (χ2v) is 9.96. The Morgan fingerprint density at radius 2 is 2.03 bits per heavy atom. The quantitative estimate of drug-likeness (QED) is 0.545. The van der Waals surface area contributed by atoms with Gasteiger partial charge in [0, 0.05) is 6.54 Å². The van der Waals surface area contributed by atoms with Gasteiger partial charge in [-0.25, -0.2) is 4.79 Å². The molecule has 176 valence electrons. The van der Waals surface area contributed by atoms with Crippen LogP contribution in [-0.4, -0.2) is 70.6 Å². The van der Waals surface area contributed by atoms with Crippen molar-refractivity contribution in [3.8, 4) is 0 Å². The van der Waals surface area contributed by atoms with Crippen molar-refractivity contribution in [1.29, 1.82) is 0 Å². The number of hydrogen-bond donors (Lipinski definition) is 2. The first-order valence-corrected chi connectivity index (χ1v) is 12.6. The number of carbonyl (C=O) groups excluding carboxylic acids is 2. The van der Waals surface area contributed by atoms with Gasteiger partial charge in [-0.1, -0.05) is 30.3 Å². The molecule has 0 aromatic heterocycles. The average molecular weight is 463 g/mol. The van der Waals surface area contributed by atoms with E-state index in [-0.39, 0.29) is 17.9 Å². The third-order valence-electron chi connectivity index (χ3n) is 6.60. The van der Waals surface area contributed by atoms with Gasteiger partial charge >= 0.3 is 11.9 Å². The van der Waals surface area contributed by atoms with Crippen LogP contribution in [0.5, 0.6) is 0 Å². The Morgan fingerprint density at radius 1 is 1.28 bits per heavy atom. The first-order valence-electron chi connectivity index (χ1n) is 11.4. The van der Waals surface area contributed by atoms with Gasteiger partial charge in [0.2, 0.25) is 5.91 Å². The SMILES string of the molecule is CCOC(=O)C(CCc1ccccc1)N[C@@H](C)C(=O)N1CCC2(CCSC2)CC1C(=O)O. The molecule has 1 amide bonds. The lowest BCUT2D eigenvalue weighted by molar-refractivity contribution is -0.156. The van der Waals surface area contributed by atoms with Crippen molar-refractivity contribution >= 4 is 29.6 Å². The maximum absolute atomic E-state index is 13.2. The van der Waals surface area contributed by atoms with Crippen molar-refractivity contribution in [2.24, 2.45) is 5.41 Å². The highest BCUT2D eigenvalue weighted by Crippen LogP contribution is 2.46. The van der Waals surface area contributed by atoms with Crippen molar-refractivity contribution in [3.63, 3.8) is 0 Å². The second-order valence-electron chi connectivity index (χ2n) is 8.86. The lowest BCUT2D eigenvalue weighted by Gasteiger charge is -2.44. The molecule has 2 saturated heterocycles. The highest BCUT2D eigenvalue weighted by Gasteiger charge is 2.46. The highest BCUT2D eigenvalue weighted by molar-refractivity contribution is 7.99. The van der Waals surface area contributed by atoms with Crippen molar-refractivity contribution in [3.05, 3.63) is 35.9 Å². The van der Waals surface area contributed by atoms with Crippen molar-refractivity contribution in [2.45, 2.75) is 64.1 Å². The zero-order valence-electron chi connectivity index (χ0n) is 18.9. The van der Waals surface area contributed by atoms with E-state index in [0.29, 0.717) is 25.8 Å². The third-order valence-corrected chi connectivity index (χ3v) is 7.91. The molecule has 0 radical (unpaired) electrons. The summed E-state index contributed by atoms with van der Waals surface area (Å²) >= 11 is 1.87. The summed E-state index contributed by atoms with van der Waals surface area (Å²) in [6, 6.07) is 7.70. The molecule has 8 heteroatoms. The number of amides is 1. The molecule has 2 aliphatic rings. The van der Waals surface area contributed by atoms with Crippen molar-refractivity contribution in [1.82, 2.24) is 10.2 Å². The van der Waals surface area contributed by atoms with E-state index in [1.54, 1.807) is 13.8 Å². The van der Waals surface area contributed by atoms with Crippen LogP contribution in [0.2, 0.25) is 0 Å². The maximum Gasteiger partial charge on any atom is 0.326 e. The van der Waals surface area contributed by atoms with Gasteiger partial charge in [0.15, 0.2) is 0 Å². The number of benzene rings is 1. The second kappa shape index (κ2) is 11.2. The Morgan fingerprint density at radius 3 is 2.66 bits per heavy atom. The predicted octanol–water partition coefficient (Wildman–Crippen LogP) is 2.73. The number of aliphatic carboxylic acids is 1. The molecule has 2 aliphatic heterocycles. The minimum absolute atomic E-state index is 0.0321. The summed E-state index contributed by atoms with van der Waals surface area (Å²) in [6.45, 7) is 4.16. The van der Waals surface area contributed by atoms with Crippen LogP contribution >= 0.6 is 11.8 Å². The van der Waals surface area contributed by atoms with Gasteiger partial charge in [-0.15, -0.1) is 0 Å². The number of hydrogen-bond acceptors (Lipinski definition) is 6. The number of carboxylic acid groups (broad SMARTS) is 1. The van der Waals surface area contributed by atoms with E-state index < -0.39 is 30.1 Å². The number of ether oxygens (including phenoxy) is 1. The van der Waals surface area contributed by atoms with Crippen LogP contribution in [0.25, 0.3) is 0 Å². The highest BCUT2D eigenvalue weighted by atomic mass is 32.2. The molecule has 2 heterocycles. The molecule has 3 rings (SSSR count). The number of likely N-dealkylation sites (tertiary alicyclic amines) is 1. The van der Waals surface area contributed by atoms with Gasteiger partial charge in [0.05, 0.1) is 12.6 Å². The summed E-state index contributed by atoms with van der Waals surface area (Å²) in [7, 11) is 0. The van der Waals surface area contributed by atoms with Gasteiger partial charge in [0.25, 0.3) is 0 Å². The van der Waals surface area contributed by atoms with E-state index in [9.17, 15) is 19.5 Å². The molecule has 0 saturated carbocycles. The molecule has 2 N–H and O–H groups in total. The number of piperidine rings is 1. The number of nitrogens with one attached hydrogen (secondary N) is 1. The van der Waals surface area contributed by atoms with E-state index in [1.165, 1.54) is 4.90 Å². The van der Waals surface area contributed by atoms with Gasteiger partial charge in [-0.05, 0) is 68.4 Å². The molecule has 2 fully saturated rings. The smallest absolute Gasteiger partial charge is 0.326 e. The van der Waals surface area contributed by atoms with Crippen LogP contribution in [0.4, 0.5) is 0 Å². The molecule has 1 spiro atoms. The monoisotopic (exact) mass is 462 g/mol. The maximum atomic E-state index is 13.2. The topological polar surface area (TPSA) is 95.9 Å². The fourth-order valence-electron chi connectivity index (χ4n) is 4.72. The van der Waals surface area contributed by atoms with Crippen LogP contribution in [0.15, 0.2) is 30.3 Å². The zero-order valence-corrected chi connectivity index (χ0v) is 19.7. The van der Waals surface area contributed by atoms with E-state index in [1.807, 2.05) is 42.1 Å². The summed E-state index contributed by atoms with van der Waals surface area (Å²) in [5, 5.41) is 13.0. The van der Waals surface area contributed by atoms with Gasteiger partial charge in [-0.2, -0.15) is 11.8 Å². The molecule has 1 aromatic rings. The molecule has 1 aromatic carbocycles. The van der Waals surface area contributed by atoms with Gasteiger partial charge in [0.1, 0.15) is 12.1 Å². The molecular weight excluding hydrogens is 428 g/mol. The zero-order chi connectivity index (χ0) is 23.1. The summed E-state index contributed by atoms with van der Waals surface area (Å²) in [5.41, 5.74) is 1.13. The largest absolute Gasteiger partial charge is 0.480 e. The Hall–Kier alpha value is -2.06. The van der Waals surface area contributed by atoms with Crippen LogP contribution in [0, 0.1) is 5.41 Å². The number of carboxylic acids is 1. The summed E-state index contributed by atoms with van der Waals surface area (Å²) in [5.74, 6) is 0.413. The molecule has 0 aliphatic carbocycles. The number of rotatable bonds is 9. The minimum atomic E-state index is -0.951. The average Bonchev–Trinajstić information content (AvgIpc) is 3.24. The standard InChI is InChI=1S/C24H34N2O5S/c1-3-31-23(30)19(10-9-18-7-5-4-6-8-18)25-17(2)21(27)26-13-11-24(12-14-32-16-24)15-20(26)22(28)29/h4-8,17,19-20,25H,3,9-16H2,1-2H3,(H,28,29)/t17-,19?,20?,24?/m0/s1. The van der Waals surface area contributed by atoms with Crippen LogP contribution in [-0.2, 0) is 25.5 Å². The van der Waals surface area contributed by atoms with E-state index in [4.69, 9.17) is 4.74 Å². The van der Waals surface area contributed by atoms with Crippen molar-refractivity contribution in [2.75, 3.05) is 24.7 Å². The van der Waals surface area contributed by atoms with E-state index >= 15 is 0 Å². The molecular formula is C24H34N2O5S. The van der Waals surface area contributed by atoms with Gasteiger partial charge in [-0.3, -0.25) is 14.9 Å². The lowest BCUT2D eigenvalue weighted by Crippen LogP contribution is -2.58. The van der Waals surface area contributed by atoms with Crippen LogP contribution in [0.1, 0.15) is 45.1 Å². The fourth-order valence-corrected chi connectivity index (χ4v) is 6.28. The fraction of sp³-hybridized carbons (Fsp3) is 0.625. The summed E-state index contributed by atoms with van der Waals surface area (Å²) in [6.07, 6.45) is 3.51. The molecule has 3 unspecified atom stereocenters. The number of carbonyl (C=O) groups is 3. The summed E-state index contributed by atoms with van der Waals surface area (Å²) in [4.78, 5) is 39.3. The number of aryl methyl sites for hydroxylation is 1. The lowest BCUT2D eigenvalue weighted by atomic mass is 9.75. The first kappa shape index (κ1) is 24.6. The van der Waals surface area contributed by atoms with E-state index in [2.05, 4.69) is 5.32 Å². The molecule has 32 heavy (non-hydrogen) atoms. The Bertz CT molecular complexity index is 797. The Kier molecular flexibility index (Phi) is 8.59.